The third-order valence-corrected chi connectivity index (χ3v) is 19.4. The lowest BCUT2D eigenvalue weighted by atomic mass is 10.00. The molecule has 110 heavy (non-hydrogen) atoms. The molecule has 39 heteroatoms. The number of aliphatic carboxylic acids is 3. The first kappa shape index (κ1) is 86.5. The summed E-state index contributed by atoms with van der Waals surface area (Å²) in [5.41, 5.74) is 0.0700. The molecule has 0 unspecified atom stereocenters. The second kappa shape index (κ2) is 41.2. The number of carbonyl (C=O) groups is 15. The normalized spacial score (nSPS) is 24.4. The van der Waals surface area contributed by atoms with E-state index in [0.29, 0.717) is 35.0 Å². The Bertz CT molecular complexity index is 3940. The Morgan fingerprint density at radius 2 is 1.34 bits per heavy atom. The van der Waals surface area contributed by atoms with Crippen molar-refractivity contribution in [2.75, 3.05) is 18.1 Å². The number of imidazole rings is 1. The summed E-state index contributed by atoms with van der Waals surface area (Å²) >= 11 is 0.912. The number of aromatic amines is 1. The molecule has 5 heterocycles. The number of carbonyl (C=O) groups excluding carboxylic acids is 12. The van der Waals surface area contributed by atoms with Crippen LogP contribution in [0.3, 0.4) is 0 Å². The molecular weight excluding hydrogens is 1450 g/mol. The number of pyridine rings is 1. The molecule has 38 nitrogen and oxygen atoms in total. The summed E-state index contributed by atoms with van der Waals surface area (Å²) in [5.74, 6) is -17.4. The first-order valence-corrected chi connectivity index (χ1v) is 37.8. The number of aliphatic hydroxyl groups is 1. The van der Waals surface area contributed by atoms with Crippen LogP contribution in [0.5, 0.6) is 0 Å². The number of H-pyrrole nitrogens is 1. The van der Waals surface area contributed by atoms with Crippen LogP contribution in [0.25, 0.3) is 10.8 Å². The number of rotatable bonds is 20. The van der Waals surface area contributed by atoms with Gasteiger partial charge in [-0.05, 0) is 121 Å². The highest BCUT2D eigenvalue weighted by Gasteiger charge is 2.39. The highest BCUT2D eigenvalue weighted by atomic mass is 32.2. The summed E-state index contributed by atoms with van der Waals surface area (Å²) in [6.45, 7) is 9.93. The largest absolute Gasteiger partial charge is 0.481 e. The summed E-state index contributed by atoms with van der Waals surface area (Å²) in [4.78, 5) is 224. The molecule has 18 N–H and O–H groups in total. The number of aliphatic hydroxyl groups excluding tert-OH is 1. The molecule has 12 amide bonds. The van der Waals surface area contributed by atoms with Gasteiger partial charge in [0.1, 0.15) is 60.4 Å². The van der Waals surface area contributed by atoms with Gasteiger partial charge in [-0.1, -0.05) is 56.2 Å². The average Bonchev–Trinajstić information content (AvgIpc) is 1.74. The van der Waals surface area contributed by atoms with E-state index in [1.807, 2.05) is 0 Å². The summed E-state index contributed by atoms with van der Waals surface area (Å²) in [6, 6.07) is -10.1. The number of carboxylic acid groups (broad SMARTS) is 3. The zero-order valence-corrected chi connectivity index (χ0v) is 63.2. The molecule has 2 aliphatic heterocycles. The first-order chi connectivity index (χ1) is 52.1. The molecule has 3 aliphatic rings. The number of benzene rings is 1. The molecule has 1 fully saturated rings. The van der Waals surface area contributed by atoms with Gasteiger partial charge in [0.2, 0.25) is 70.9 Å². The van der Waals surface area contributed by atoms with E-state index in [0.717, 1.165) is 18.7 Å². The van der Waals surface area contributed by atoms with E-state index in [4.69, 9.17) is 0 Å². The number of fused-ring (bicyclic) bond motifs is 7. The van der Waals surface area contributed by atoms with Crippen LogP contribution in [0, 0.1) is 11.8 Å². The van der Waals surface area contributed by atoms with Crippen molar-refractivity contribution < 1.29 is 92.3 Å². The summed E-state index contributed by atoms with van der Waals surface area (Å²) in [6.07, 6.45) is 2.36. The van der Waals surface area contributed by atoms with Crippen molar-refractivity contribution in [3.05, 3.63) is 72.3 Å². The fraction of sp³-hybridized carbons (Fsp3) is 0.592. The maximum atomic E-state index is 15.1. The van der Waals surface area contributed by atoms with Crippen molar-refractivity contribution in [3.8, 4) is 0 Å². The number of amides is 12. The predicted molar refractivity (Wildman–Crippen MR) is 394 cm³/mol. The van der Waals surface area contributed by atoms with Gasteiger partial charge in [0.15, 0.2) is 6.04 Å². The van der Waals surface area contributed by atoms with Crippen LogP contribution in [0.4, 0.5) is 0 Å². The quantitative estimate of drug-likeness (QED) is 0.0424. The van der Waals surface area contributed by atoms with Crippen molar-refractivity contribution in [2.24, 2.45) is 11.8 Å². The topological polar surface area (TPSA) is 566 Å². The molecule has 3 aromatic heterocycles. The number of nitrogens with zero attached hydrogens (tertiary/aromatic N) is 5. The molecular formula is C71H101N19O19S. The molecule has 13 atom stereocenters. The van der Waals surface area contributed by atoms with Gasteiger partial charge in [-0.25, -0.2) is 9.78 Å². The lowest BCUT2D eigenvalue weighted by Crippen LogP contribution is -2.61. The number of aromatic nitrogens is 6. The Labute approximate surface area is 637 Å². The van der Waals surface area contributed by atoms with E-state index in [-0.39, 0.29) is 81.0 Å². The number of thioether (sulfide) groups is 1. The van der Waals surface area contributed by atoms with Gasteiger partial charge in [0.25, 0.3) is 0 Å². The Hall–Kier alpha value is -10.7. The standard InChI is InChI=1S/C71H101N19O19S/c1-36(2)57-69(107)83-51(28-43-27-40-12-8-9-13-41(40)30-73-43)66(104)80-48(64(102)86-58(38(4)91)70(108)109)23-25-110-34-53(84-65(103)49(20-22-56(95)96)87-71(5,6)7)68(106)76-37(3)59(97)78-47-18-17-42-33-90(89-88-42)24-11-10-14-45(63(101)85-57)79-61(99)46(19-21-55(93)94)77-54(92)32-74-60(98)50(26-39-15-16-39)81-67(105)52(82-62(47)100)29-44-31-72-35-75-44/h8-9,12-13,27,30-31,33,35-39,45-53,57-58,87,91H,10-11,14-26,28-29,32,34H2,1-7H3,(H,72,75)(H,74,98)(H,76,106)(H,77,92)(H,78,97)(H,79,99)(H,80,104)(H,81,105)(H,82,100)(H,83,107)(H,84,103)(H,85,101)(H,86,102)(H,93,94)(H,95,96)(H,108,109)/t37-,38+,45-,46-,47-,48-,49-,50-,51-,52-,53-,57-,58-/m0/s1. The zero-order chi connectivity index (χ0) is 80.5. The van der Waals surface area contributed by atoms with Crippen molar-refractivity contribution in [1.82, 2.24) is 99.1 Å². The lowest BCUT2D eigenvalue weighted by Gasteiger charge is -2.30. The summed E-state index contributed by atoms with van der Waals surface area (Å²) < 4.78 is 1.45. The number of carboxylic acids is 3. The van der Waals surface area contributed by atoms with Gasteiger partial charge in [-0.3, -0.25) is 76.8 Å². The van der Waals surface area contributed by atoms with E-state index in [9.17, 15) is 82.8 Å². The van der Waals surface area contributed by atoms with Gasteiger partial charge in [-0.2, -0.15) is 11.8 Å². The molecule has 0 spiro atoms. The minimum atomic E-state index is -1.94. The van der Waals surface area contributed by atoms with Crippen LogP contribution in [-0.2, 0) is 97.7 Å². The predicted octanol–water partition coefficient (Wildman–Crippen LogP) is -2.84. The molecule has 0 radical (unpaired) electrons. The second-order valence-corrected chi connectivity index (χ2v) is 30.3. The fourth-order valence-corrected chi connectivity index (χ4v) is 13.2. The van der Waals surface area contributed by atoms with Crippen LogP contribution in [0.15, 0.2) is 55.2 Å². The van der Waals surface area contributed by atoms with Gasteiger partial charge in [0.05, 0.1) is 30.7 Å². The highest BCUT2D eigenvalue weighted by Crippen LogP contribution is 2.33. The Morgan fingerprint density at radius 3 is 2.00 bits per heavy atom. The fourth-order valence-electron chi connectivity index (χ4n) is 12.1. The van der Waals surface area contributed by atoms with Gasteiger partial charge < -0.3 is 94.5 Å². The van der Waals surface area contributed by atoms with Crippen molar-refractivity contribution in [3.63, 3.8) is 0 Å². The smallest absolute Gasteiger partial charge is 0.328 e. The SMILES string of the molecule is CC(C)[C@@H]1NC(=O)[C@@H]2CCCCn3cc(nn3)CC[C@H](NC(=O)[C@H](C)NC(=O)[C@@H](NC(=O)[C@H](CCC(=O)O)NC(C)(C)C)CSCC[C@@H](C(=O)N[C@H](C(=O)O)[C@@H](C)O)NC(=O)[C@H](Cc3cc4ccccc4cn3)NC1=O)C(=O)N[C@@H](Cc1cnc[nH]1)C(=O)N[C@@H](CC1CC1)C(=O)NCC(=O)N[C@@H](CCC(=O)O)C(=O)N2. The Balaban J connectivity index is 1.34. The first-order valence-electron chi connectivity index (χ1n) is 36.6. The molecule has 0 saturated heterocycles. The van der Waals surface area contributed by atoms with Crippen LogP contribution in [0.1, 0.15) is 143 Å². The third-order valence-electron chi connectivity index (χ3n) is 18.4. The summed E-state index contributed by atoms with van der Waals surface area (Å²) in [5, 5.41) is 84.2. The van der Waals surface area contributed by atoms with Crippen LogP contribution in [0.2, 0.25) is 0 Å². The number of hydrogen-bond donors (Lipinski definition) is 18. The minimum Gasteiger partial charge on any atom is -0.481 e. The molecule has 1 aromatic carbocycles. The second-order valence-electron chi connectivity index (χ2n) is 29.2. The molecule has 7 rings (SSSR count). The van der Waals surface area contributed by atoms with E-state index in [1.165, 1.54) is 30.3 Å². The molecule has 600 valence electrons. The average molecular weight is 1560 g/mol. The van der Waals surface area contributed by atoms with Gasteiger partial charge in [-0.15, -0.1) is 5.10 Å². The van der Waals surface area contributed by atoms with Crippen molar-refractivity contribution in [2.45, 2.75) is 235 Å². The van der Waals surface area contributed by atoms with Crippen LogP contribution >= 0.6 is 11.8 Å². The third kappa shape index (κ3) is 28.1. The molecule has 1 aliphatic carbocycles. The monoisotopic (exact) mass is 1560 g/mol. The van der Waals surface area contributed by atoms with Crippen LogP contribution < -0.4 is 69.1 Å². The van der Waals surface area contributed by atoms with Crippen molar-refractivity contribution in [1.29, 1.82) is 0 Å². The van der Waals surface area contributed by atoms with Gasteiger partial charge in [0, 0.05) is 78.9 Å². The maximum absolute atomic E-state index is 15.1. The summed E-state index contributed by atoms with van der Waals surface area (Å²) in [7, 11) is 0. The highest BCUT2D eigenvalue weighted by molar-refractivity contribution is 7.99. The number of hydrogen-bond acceptors (Lipinski definition) is 22. The zero-order valence-electron chi connectivity index (χ0n) is 62.3. The number of nitrogens with one attached hydrogen (secondary N) is 14. The Morgan fingerprint density at radius 1 is 0.682 bits per heavy atom. The van der Waals surface area contributed by atoms with E-state index < -0.39 is 218 Å². The maximum Gasteiger partial charge on any atom is 0.328 e. The van der Waals surface area contributed by atoms with E-state index in [1.54, 1.807) is 71.1 Å². The van der Waals surface area contributed by atoms with E-state index in [2.05, 4.69) is 94.4 Å². The molecule has 4 bridgehead atoms. The van der Waals surface area contributed by atoms with Crippen LogP contribution in [-0.4, -0.2) is 241 Å². The lowest BCUT2D eigenvalue weighted by molar-refractivity contribution is -0.145. The molecule has 4 aromatic rings. The molecule has 1 saturated carbocycles. The Kier molecular flexibility index (Phi) is 32.4. The van der Waals surface area contributed by atoms with Crippen molar-refractivity contribution >= 4 is 111 Å². The van der Waals surface area contributed by atoms with Gasteiger partial charge >= 0.3 is 17.9 Å². The number of aryl methyl sites for hydroxylation is 2. The van der Waals surface area contributed by atoms with E-state index >= 15 is 9.59 Å². The minimum absolute atomic E-state index is 0.0494.